The summed E-state index contributed by atoms with van der Waals surface area (Å²) in [5, 5.41) is 4.95. The topological polar surface area (TPSA) is 93.1 Å². The largest absolute Gasteiger partial charge is 0.340 e. The average Bonchev–Trinajstić information content (AvgIpc) is 3.08. The number of fused-ring (bicyclic) bond motifs is 1. The molecule has 0 aliphatic carbocycles. The maximum Gasteiger partial charge on any atom is 0.254 e. The molecule has 1 aliphatic heterocycles. The highest BCUT2D eigenvalue weighted by molar-refractivity contribution is 6.08. The molecular formula is C20H18N4O3. The number of hydrogen-bond donors (Lipinski definition) is 2. The lowest BCUT2D eigenvalue weighted by molar-refractivity contribution is -0.134. The lowest BCUT2D eigenvalue weighted by Crippen LogP contribution is -2.52. The van der Waals surface area contributed by atoms with Crippen LogP contribution in [0.4, 0.5) is 0 Å². The second-order valence-electron chi connectivity index (χ2n) is 6.51. The van der Waals surface area contributed by atoms with Crippen LogP contribution in [-0.2, 0) is 16.1 Å². The molecule has 7 heteroatoms. The minimum Gasteiger partial charge on any atom is -0.340 e. The molecule has 1 unspecified atom stereocenters. The fourth-order valence-corrected chi connectivity index (χ4v) is 3.25. The number of carbonyl (C=O) groups is 3. The van der Waals surface area contributed by atoms with E-state index in [0.29, 0.717) is 24.0 Å². The smallest absolute Gasteiger partial charge is 0.254 e. The summed E-state index contributed by atoms with van der Waals surface area (Å²) in [5.41, 5.74) is 2.97. The Labute approximate surface area is 155 Å². The van der Waals surface area contributed by atoms with Crippen LogP contribution in [0.5, 0.6) is 0 Å². The van der Waals surface area contributed by atoms with Crippen LogP contribution < -0.4 is 10.6 Å². The standard InChI is InChI=1S/C20H18N4O3/c25-17-10-9-15(20(27)23-17)22-19(26)14-7-4-8-16-18(14)21-12-24(16)11-13-5-2-1-3-6-13/h1-8,12,15H,9-11H2,(H,22,26)(H,23,25,27). The molecule has 1 saturated heterocycles. The van der Waals surface area contributed by atoms with Crippen molar-refractivity contribution in [1.82, 2.24) is 20.2 Å². The zero-order chi connectivity index (χ0) is 18.8. The van der Waals surface area contributed by atoms with Gasteiger partial charge in [0.05, 0.1) is 17.4 Å². The molecule has 0 bridgehead atoms. The van der Waals surface area contributed by atoms with Crippen LogP contribution in [-0.4, -0.2) is 33.3 Å². The van der Waals surface area contributed by atoms with Gasteiger partial charge in [0.2, 0.25) is 11.8 Å². The van der Waals surface area contributed by atoms with Crippen LogP contribution in [0.15, 0.2) is 54.9 Å². The maximum atomic E-state index is 12.7. The Bertz CT molecular complexity index is 1030. The van der Waals surface area contributed by atoms with Crippen molar-refractivity contribution in [2.75, 3.05) is 0 Å². The lowest BCUT2D eigenvalue weighted by atomic mass is 10.1. The van der Waals surface area contributed by atoms with E-state index in [-0.39, 0.29) is 18.2 Å². The Morgan fingerprint density at radius 2 is 1.96 bits per heavy atom. The molecule has 0 saturated carbocycles. The Hall–Kier alpha value is -3.48. The Balaban J connectivity index is 1.58. The van der Waals surface area contributed by atoms with Crippen molar-refractivity contribution in [2.24, 2.45) is 0 Å². The predicted octanol–water partition coefficient (Wildman–Crippen LogP) is 1.62. The van der Waals surface area contributed by atoms with E-state index in [9.17, 15) is 14.4 Å². The number of aromatic nitrogens is 2. The van der Waals surface area contributed by atoms with Gasteiger partial charge in [-0.05, 0) is 24.1 Å². The number of imidazole rings is 1. The molecule has 27 heavy (non-hydrogen) atoms. The van der Waals surface area contributed by atoms with Crippen molar-refractivity contribution >= 4 is 28.8 Å². The van der Waals surface area contributed by atoms with Gasteiger partial charge in [-0.1, -0.05) is 36.4 Å². The molecular weight excluding hydrogens is 344 g/mol. The molecule has 7 nitrogen and oxygen atoms in total. The van der Waals surface area contributed by atoms with Gasteiger partial charge < -0.3 is 9.88 Å². The van der Waals surface area contributed by atoms with Crippen molar-refractivity contribution < 1.29 is 14.4 Å². The van der Waals surface area contributed by atoms with Crippen molar-refractivity contribution in [3.63, 3.8) is 0 Å². The van der Waals surface area contributed by atoms with Crippen molar-refractivity contribution in [1.29, 1.82) is 0 Å². The highest BCUT2D eigenvalue weighted by Crippen LogP contribution is 2.19. The first-order valence-corrected chi connectivity index (χ1v) is 8.74. The first-order chi connectivity index (χ1) is 13.1. The van der Waals surface area contributed by atoms with Crippen LogP contribution in [0.3, 0.4) is 0 Å². The van der Waals surface area contributed by atoms with E-state index in [0.717, 1.165) is 11.1 Å². The number of hydrogen-bond acceptors (Lipinski definition) is 4. The molecule has 2 N–H and O–H groups in total. The van der Waals surface area contributed by atoms with E-state index in [1.165, 1.54) is 0 Å². The summed E-state index contributed by atoms with van der Waals surface area (Å²) in [6, 6.07) is 14.7. The molecule has 3 amide bonds. The van der Waals surface area contributed by atoms with E-state index in [1.54, 1.807) is 18.5 Å². The normalized spacial score (nSPS) is 17.0. The van der Waals surface area contributed by atoms with E-state index >= 15 is 0 Å². The summed E-state index contributed by atoms with van der Waals surface area (Å²) in [5.74, 6) is -1.16. The lowest BCUT2D eigenvalue weighted by Gasteiger charge is -2.21. The number of imide groups is 1. The first kappa shape index (κ1) is 17.0. The molecule has 1 aromatic heterocycles. The second kappa shape index (κ2) is 7.03. The molecule has 136 valence electrons. The number of nitrogens with zero attached hydrogens (tertiary/aromatic N) is 2. The number of amides is 3. The summed E-state index contributed by atoms with van der Waals surface area (Å²) in [6.07, 6.45) is 2.22. The van der Waals surface area contributed by atoms with Crippen LogP contribution in [0, 0.1) is 0 Å². The fraction of sp³-hybridized carbons (Fsp3) is 0.200. The number of benzene rings is 2. The molecule has 1 fully saturated rings. The molecule has 1 aliphatic rings. The summed E-state index contributed by atoms with van der Waals surface area (Å²) < 4.78 is 1.98. The Kier molecular flexibility index (Phi) is 4.42. The minimum absolute atomic E-state index is 0.215. The third-order valence-electron chi connectivity index (χ3n) is 4.64. The van der Waals surface area contributed by atoms with Gasteiger partial charge in [0.25, 0.3) is 5.91 Å². The van der Waals surface area contributed by atoms with E-state index in [2.05, 4.69) is 15.6 Å². The third-order valence-corrected chi connectivity index (χ3v) is 4.64. The number of nitrogens with one attached hydrogen (secondary N) is 2. The van der Waals surface area contributed by atoms with Gasteiger partial charge in [-0.25, -0.2) is 4.98 Å². The molecule has 4 rings (SSSR count). The van der Waals surface area contributed by atoms with E-state index in [1.807, 2.05) is 41.0 Å². The van der Waals surface area contributed by atoms with Gasteiger partial charge >= 0.3 is 0 Å². The maximum absolute atomic E-state index is 12.7. The van der Waals surface area contributed by atoms with Gasteiger partial charge in [-0.2, -0.15) is 0 Å². The van der Waals surface area contributed by atoms with Crippen molar-refractivity contribution in [3.8, 4) is 0 Å². The highest BCUT2D eigenvalue weighted by atomic mass is 16.2. The van der Waals surface area contributed by atoms with Crippen LogP contribution in [0.25, 0.3) is 11.0 Å². The first-order valence-electron chi connectivity index (χ1n) is 8.74. The summed E-state index contributed by atoms with van der Waals surface area (Å²) >= 11 is 0. The average molecular weight is 362 g/mol. The SMILES string of the molecule is O=C1CCC(NC(=O)c2cccc3c2ncn3Cc2ccccc2)C(=O)N1. The van der Waals surface area contributed by atoms with Gasteiger partial charge in [0.15, 0.2) is 0 Å². The monoisotopic (exact) mass is 362 g/mol. The van der Waals surface area contributed by atoms with Crippen LogP contribution in [0.2, 0.25) is 0 Å². The van der Waals surface area contributed by atoms with Crippen molar-refractivity contribution in [3.05, 3.63) is 66.0 Å². The Morgan fingerprint density at radius 1 is 1.15 bits per heavy atom. The molecule has 0 spiro atoms. The Morgan fingerprint density at radius 3 is 2.74 bits per heavy atom. The summed E-state index contributed by atoms with van der Waals surface area (Å²) in [6.45, 7) is 0.648. The van der Waals surface area contributed by atoms with Crippen LogP contribution in [0.1, 0.15) is 28.8 Å². The van der Waals surface area contributed by atoms with E-state index in [4.69, 9.17) is 0 Å². The number of rotatable bonds is 4. The fourth-order valence-electron chi connectivity index (χ4n) is 3.25. The molecule has 1 atom stereocenters. The second-order valence-corrected chi connectivity index (χ2v) is 6.51. The van der Waals surface area contributed by atoms with E-state index < -0.39 is 11.9 Å². The summed E-state index contributed by atoms with van der Waals surface area (Å²) in [7, 11) is 0. The molecule has 0 radical (unpaired) electrons. The zero-order valence-electron chi connectivity index (χ0n) is 14.5. The highest BCUT2D eigenvalue weighted by Gasteiger charge is 2.28. The van der Waals surface area contributed by atoms with Gasteiger partial charge in [0.1, 0.15) is 11.6 Å². The molecule has 2 aromatic carbocycles. The predicted molar refractivity (Wildman–Crippen MR) is 98.9 cm³/mol. The minimum atomic E-state index is -0.711. The number of piperidine rings is 1. The quantitative estimate of drug-likeness (QED) is 0.690. The van der Waals surface area contributed by atoms with Crippen molar-refractivity contribution in [2.45, 2.75) is 25.4 Å². The zero-order valence-corrected chi connectivity index (χ0v) is 14.5. The van der Waals surface area contributed by atoms with Gasteiger partial charge in [0, 0.05) is 13.0 Å². The number of para-hydroxylation sites is 1. The van der Waals surface area contributed by atoms with Gasteiger partial charge in [-0.3, -0.25) is 19.7 Å². The summed E-state index contributed by atoms with van der Waals surface area (Å²) in [4.78, 5) is 40.2. The van der Waals surface area contributed by atoms with Crippen LogP contribution >= 0.6 is 0 Å². The number of carbonyl (C=O) groups excluding carboxylic acids is 3. The van der Waals surface area contributed by atoms with Gasteiger partial charge in [-0.15, -0.1) is 0 Å². The third kappa shape index (κ3) is 3.44. The molecule has 3 aromatic rings. The molecule has 2 heterocycles.